The summed E-state index contributed by atoms with van der Waals surface area (Å²) in [6.07, 6.45) is 1.35. The number of anilines is 1. The smallest absolute Gasteiger partial charge is 0.343 e. The van der Waals surface area contributed by atoms with Crippen LogP contribution in [0.2, 0.25) is 0 Å². The van der Waals surface area contributed by atoms with E-state index in [1.807, 2.05) is 0 Å². The van der Waals surface area contributed by atoms with Crippen molar-refractivity contribution in [3.8, 4) is 11.8 Å². The van der Waals surface area contributed by atoms with Gasteiger partial charge in [0, 0.05) is 0 Å². The van der Waals surface area contributed by atoms with Crippen molar-refractivity contribution in [2.24, 2.45) is 0 Å². The number of esters is 1. The zero-order valence-corrected chi connectivity index (χ0v) is 16.1. The molecule has 2 N–H and O–H groups in total. The van der Waals surface area contributed by atoms with Gasteiger partial charge in [-0.3, -0.25) is 4.79 Å². The van der Waals surface area contributed by atoms with E-state index in [-0.39, 0.29) is 16.8 Å². The second-order valence-electron chi connectivity index (χ2n) is 6.30. The summed E-state index contributed by atoms with van der Waals surface area (Å²) in [6, 6.07) is 22.5. The molecule has 0 saturated carbocycles. The molecular formula is C24H16N2O5. The molecule has 0 heterocycles. The van der Waals surface area contributed by atoms with Gasteiger partial charge in [-0.1, -0.05) is 42.5 Å². The monoisotopic (exact) mass is 412 g/mol. The number of nitrogens with zero attached hydrogens (tertiary/aromatic N) is 1. The molecule has 0 bridgehead atoms. The van der Waals surface area contributed by atoms with Crippen molar-refractivity contribution in [2.45, 2.75) is 0 Å². The van der Waals surface area contributed by atoms with Gasteiger partial charge in [0.05, 0.1) is 16.8 Å². The standard InChI is InChI=1S/C24H16N2O5/c25-15-18(22(27)26-21-9-5-4-8-20(21)23(28)29)14-16-10-12-19(13-11-16)31-24(30)17-6-2-1-3-7-17/h1-14H,(H,26,27)(H,28,29)/b18-14+. The lowest BCUT2D eigenvalue weighted by atomic mass is 10.1. The van der Waals surface area contributed by atoms with Crippen LogP contribution in [0.5, 0.6) is 5.75 Å². The van der Waals surface area contributed by atoms with Crippen LogP contribution in [-0.4, -0.2) is 23.0 Å². The largest absolute Gasteiger partial charge is 0.478 e. The molecule has 0 aromatic heterocycles. The first-order chi connectivity index (χ1) is 15.0. The molecule has 1 amide bonds. The van der Waals surface area contributed by atoms with Gasteiger partial charge in [-0.25, -0.2) is 9.59 Å². The lowest BCUT2D eigenvalue weighted by Crippen LogP contribution is -2.16. The van der Waals surface area contributed by atoms with Gasteiger partial charge in [0.25, 0.3) is 5.91 Å². The van der Waals surface area contributed by atoms with E-state index in [0.717, 1.165) is 0 Å². The van der Waals surface area contributed by atoms with Crippen molar-refractivity contribution in [2.75, 3.05) is 5.32 Å². The number of benzene rings is 3. The third-order valence-electron chi connectivity index (χ3n) is 4.18. The number of ether oxygens (including phenoxy) is 1. The fourth-order valence-corrected chi connectivity index (χ4v) is 2.66. The Labute approximate surface area is 177 Å². The minimum absolute atomic E-state index is 0.0854. The Bertz CT molecular complexity index is 1190. The van der Waals surface area contributed by atoms with Crippen LogP contribution in [0.4, 0.5) is 5.69 Å². The molecule has 0 unspecified atom stereocenters. The summed E-state index contributed by atoms with van der Waals surface area (Å²) in [6.45, 7) is 0. The number of carbonyl (C=O) groups is 3. The number of hydrogen-bond donors (Lipinski definition) is 2. The van der Waals surface area contributed by atoms with Crippen molar-refractivity contribution in [1.82, 2.24) is 0 Å². The Morgan fingerprint density at radius 1 is 0.903 bits per heavy atom. The number of carbonyl (C=O) groups excluding carboxylic acids is 2. The topological polar surface area (TPSA) is 116 Å². The highest BCUT2D eigenvalue weighted by Crippen LogP contribution is 2.19. The number of nitriles is 1. The normalized spacial score (nSPS) is 10.6. The highest BCUT2D eigenvalue weighted by atomic mass is 16.5. The zero-order valence-electron chi connectivity index (χ0n) is 16.1. The maximum absolute atomic E-state index is 12.4. The van der Waals surface area contributed by atoms with Crippen molar-refractivity contribution in [1.29, 1.82) is 5.26 Å². The van der Waals surface area contributed by atoms with Gasteiger partial charge >= 0.3 is 11.9 Å². The van der Waals surface area contributed by atoms with Crippen LogP contribution in [0.3, 0.4) is 0 Å². The molecule has 0 fully saturated rings. The van der Waals surface area contributed by atoms with Gasteiger partial charge in [-0.15, -0.1) is 0 Å². The second-order valence-corrected chi connectivity index (χ2v) is 6.30. The quantitative estimate of drug-likeness (QED) is 0.272. The number of hydrogen-bond acceptors (Lipinski definition) is 5. The van der Waals surface area contributed by atoms with Crippen LogP contribution in [0.25, 0.3) is 6.08 Å². The van der Waals surface area contributed by atoms with Crippen LogP contribution in [0.1, 0.15) is 26.3 Å². The Hall–Kier alpha value is -4.70. The minimum atomic E-state index is -1.20. The van der Waals surface area contributed by atoms with E-state index in [1.54, 1.807) is 66.7 Å². The van der Waals surface area contributed by atoms with Crippen molar-refractivity contribution in [3.05, 3.63) is 101 Å². The third-order valence-corrected chi connectivity index (χ3v) is 4.18. The van der Waals surface area contributed by atoms with E-state index in [4.69, 9.17) is 4.74 Å². The van der Waals surface area contributed by atoms with Crippen molar-refractivity contribution >= 4 is 29.6 Å². The van der Waals surface area contributed by atoms with Crippen LogP contribution in [0, 0.1) is 11.3 Å². The SMILES string of the molecule is N#C/C(=C\c1ccc(OC(=O)c2ccccc2)cc1)C(=O)Nc1ccccc1C(=O)O. The van der Waals surface area contributed by atoms with Crippen LogP contribution in [-0.2, 0) is 4.79 Å². The van der Waals surface area contributed by atoms with Crippen molar-refractivity contribution < 1.29 is 24.2 Å². The van der Waals surface area contributed by atoms with Crippen LogP contribution >= 0.6 is 0 Å². The molecule has 7 nitrogen and oxygen atoms in total. The van der Waals surface area contributed by atoms with Gasteiger partial charge in [0.15, 0.2) is 0 Å². The molecule has 0 atom stereocenters. The Morgan fingerprint density at radius 3 is 2.19 bits per heavy atom. The summed E-state index contributed by atoms with van der Waals surface area (Å²) in [5.74, 6) is -2.13. The number of amides is 1. The molecule has 0 aliphatic carbocycles. The first-order valence-corrected chi connectivity index (χ1v) is 9.10. The third kappa shape index (κ3) is 5.43. The van der Waals surface area contributed by atoms with E-state index in [1.165, 1.54) is 24.3 Å². The lowest BCUT2D eigenvalue weighted by molar-refractivity contribution is -0.112. The van der Waals surface area contributed by atoms with Crippen LogP contribution in [0.15, 0.2) is 84.4 Å². The molecule has 0 aliphatic rings. The predicted molar refractivity (Wildman–Crippen MR) is 113 cm³/mol. The molecule has 7 heteroatoms. The molecule has 3 rings (SSSR count). The number of aromatic carboxylic acids is 1. The Kier molecular flexibility index (Phi) is 6.56. The summed E-state index contributed by atoms with van der Waals surface area (Å²) >= 11 is 0. The summed E-state index contributed by atoms with van der Waals surface area (Å²) in [5, 5.41) is 21.0. The first-order valence-electron chi connectivity index (χ1n) is 9.10. The molecule has 0 aliphatic heterocycles. The zero-order chi connectivity index (χ0) is 22.2. The predicted octanol–water partition coefficient (Wildman–Crippen LogP) is 4.15. The molecule has 0 spiro atoms. The molecule has 3 aromatic rings. The number of carboxylic acid groups (broad SMARTS) is 1. The molecule has 31 heavy (non-hydrogen) atoms. The van der Waals surface area contributed by atoms with E-state index in [9.17, 15) is 24.8 Å². The molecule has 0 saturated heterocycles. The van der Waals surface area contributed by atoms with Gasteiger partial charge in [0.1, 0.15) is 17.4 Å². The Morgan fingerprint density at radius 2 is 1.55 bits per heavy atom. The fraction of sp³-hybridized carbons (Fsp3) is 0. The Balaban J connectivity index is 1.72. The molecule has 0 radical (unpaired) electrons. The van der Waals surface area contributed by atoms with Gasteiger partial charge in [-0.2, -0.15) is 5.26 Å². The van der Waals surface area contributed by atoms with Gasteiger partial charge < -0.3 is 15.2 Å². The summed E-state index contributed by atoms with van der Waals surface area (Å²) < 4.78 is 5.29. The maximum Gasteiger partial charge on any atom is 0.343 e. The summed E-state index contributed by atoms with van der Waals surface area (Å²) in [7, 11) is 0. The van der Waals surface area contributed by atoms with E-state index in [0.29, 0.717) is 16.9 Å². The number of nitrogens with one attached hydrogen (secondary N) is 1. The average molecular weight is 412 g/mol. The number of para-hydroxylation sites is 1. The molecular weight excluding hydrogens is 396 g/mol. The van der Waals surface area contributed by atoms with Crippen molar-refractivity contribution in [3.63, 3.8) is 0 Å². The van der Waals surface area contributed by atoms with Gasteiger partial charge in [-0.05, 0) is 48.0 Å². The van der Waals surface area contributed by atoms with E-state index >= 15 is 0 Å². The maximum atomic E-state index is 12.4. The lowest BCUT2D eigenvalue weighted by Gasteiger charge is -2.08. The highest BCUT2D eigenvalue weighted by molar-refractivity contribution is 6.11. The molecule has 3 aromatic carbocycles. The highest BCUT2D eigenvalue weighted by Gasteiger charge is 2.15. The van der Waals surface area contributed by atoms with Crippen LogP contribution < -0.4 is 10.1 Å². The van der Waals surface area contributed by atoms with E-state index < -0.39 is 17.8 Å². The van der Waals surface area contributed by atoms with E-state index in [2.05, 4.69) is 5.32 Å². The fourth-order valence-electron chi connectivity index (χ4n) is 2.66. The molecule has 152 valence electrons. The second kappa shape index (κ2) is 9.67. The average Bonchev–Trinajstić information content (AvgIpc) is 2.79. The summed E-state index contributed by atoms with van der Waals surface area (Å²) in [4.78, 5) is 35.8. The van der Waals surface area contributed by atoms with Gasteiger partial charge in [0.2, 0.25) is 0 Å². The minimum Gasteiger partial charge on any atom is -0.478 e. The first kappa shape index (κ1) is 21.0. The number of carboxylic acids is 1. The summed E-state index contributed by atoms with van der Waals surface area (Å²) in [5.41, 5.74) is 0.727. The number of rotatable bonds is 6.